The van der Waals surface area contributed by atoms with E-state index in [1.807, 2.05) is 85.8 Å². The highest BCUT2D eigenvalue weighted by atomic mass is 16.5. The minimum Gasteiger partial charge on any atom is -0.492 e. The molecule has 3 aromatic rings. The molecule has 0 spiro atoms. The summed E-state index contributed by atoms with van der Waals surface area (Å²) in [5.74, 6) is 0.354. The van der Waals surface area contributed by atoms with E-state index in [9.17, 15) is 9.59 Å². The number of aryl methyl sites for hydroxylation is 1. The predicted octanol–water partition coefficient (Wildman–Crippen LogP) is 4.53. The van der Waals surface area contributed by atoms with Crippen LogP contribution in [0.5, 0.6) is 5.75 Å². The molecule has 0 saturated carbocycles. The summed E-state index contributed by atoms with van der Waals surface area (Å²) in [6, 6.07) is 25.3. The van der Waals surface area contributed by atoms with E-state index in [4.69, 9.17) is 4.74 Å². The Hall–Kier alpha value is -3.60. The molecule has 0 fully saturated rings. The van der Waals surface area contributed by atoms with Crippen LogP contribution in [0.15, 0.2) is 78.9 Å². The SMILES string of the molecule is Cc1ccc(NC(=O)CN(C)C(=O)CCOc2ccccc2-c2ccccc2)cc1. The lowest BCUT2D eigenvalue weighted by Gasteiger charge is -2.17. The van der Waals surface area contributed by atoms with E-state index in [0.717, 1.165) is 22.4 Å². The largest absolute Gasteiger partial charge is 0.492 e. The predicted molar refractivity (Wildman–Crippen MR) is 119 cm³/mol. The maximum atomic E-state index is 12.4. The van der Waals surface area contributed by atoms with Crippen LogP contribution in [0.2, 0.25) is 0 Å². The molecule has 1 N–H and O–H groups in total. The zero-order valence-electron chi connectivity index (χ0n) is 17.3. The Morgan fingerprint density at radius 1 is 0.900 bits per heavy atom. The van der Waals surface area contributed by atoms with Gasteiger partial charge < -0.3 is 15.0 Å². The van der Waals surface area contributed by atoms with Gasteiger partial charge in [0.05, 0.1) is 19.6 Å². The molecule has 2 amide bonds. The van der Waals surface area contributed by atoms with Gasteiger partial charge in [-0.1, -0.05) is 66.2 Å². The smallest absolute Gasteiger partial charge is 0.243 e. The maximum absolute atomic E-state index is 12.4. The monoisotopic (exact) mass is 402 g/mol. The summed E-state index contributed by atoms with van der Waals surface area (Å²) in [5.41, 5.74) is 3.88. The van der Waals surface area contributed by atoms with Crippen molar-refractivity contribution in [3.63, 3.8) is 0 Å². The first kappa shape index (κ1) is 21.1. The van der Waals surface area contributed by atoms with Gasteiger partial charge in [0.25, 0.3) is 0 Å². The molecule has 0 heterocycles. The Balaban J connectivity index is 1.49. The third-order valence-corrected chi connectivity index (χ3v) is 4.69. The summed E-state index contributed by atoms with van der Waals surface area (Å²) in [6.45, 7) is 2.22. The normalized spacial score (nSPS) is 10.3. The molecule has 154 valence electrons. The molecule has 30 heavy (non-hydrogen) atoms. The molecule has 0 aliphatic carbocycles. The molecule has 0 unspecified atom stereocenters. The number of likely N-dealkylation sites (N-methyl/N-ethyl adjacent to an activating group) is 1. The molecule has 0 saturated heterocycles. The number of para-hydroxylation sites is 1. The van der Waals surface area contributed by atoms with E-state index < -0.39 is 0 Å². The highest BCUT2D eigenvalue weighted by Crippen LogP contribution is 2.29. The number of hydrogen-bond acceptors (Lipinski definition) is 3. The molecule has 0 aliphatic heterocycles. The first-order valence-electron chi connectivity index (χ1n) is 9.90. The molecular formula is C25H26N2O3. The number of benzene rings is 3. The summed E-state index contributed by atoms with van der Waals surface area (Å²) >= 11 is 0. The van der Waals surface area contributed by atoms with Crippen LogP contribution in [0.4, 0.5) is 5.69 Å². The second kappa shape index (κ2) is 10.3. The Labute approximate surface area is 177 Å². The molecule has 0 aromatic heterocycles. The van der Waals surface area contributed by atoms with E-state index in [1.165, 1.54) is 4.90 Å². The standard InChI is InChI=1S/C25H26N2O3/c1-19-12-14-21(15-13-19)26-24(28)18-27(2)25(29)16-17-30-23-11-7-6-10-22(23)20-8-4-3-5-9-20/h3-15H,16-18H2,1-2H3,(H,26,28). The Morgan fingerprint density at radius 3 is 2.30 bits per heavy atom. The van der Waals surface area contributed by atoms with Gasteiger partial charge in [0.15, 0.2) is 0 Å². The second-order valence-corrected chi connectivity index (χ2v) is 7.12. The number of carbonyl (C=O) groups excluding carboxylic acids is 2. The minimum absolute atomic E-state index is 0.00663. The summed E-state index contributed by atoms with van der Waals surface area (Å²) in [5, 5.41) is 2.80. The molecule has 0 aliphatic rings. The third-order valence-electron chi connectivity index (χ3n) is 4.69. The zero-order valence-corrected chi connectivity index (χ0v) is 17.3. The van der Waals surface area contributed by atoms with Crippen LogP contribution < -0.4 is 10.1 Å². The number of carbonyl (C=O) groups is 2. The van der Waals surface area contributed by atoms with Gasteiger partial charge in [-0.15, -0.1) is 0 Å². The molecular weight excluding hydrogens is 376 g/mol. The molecule has 3 rings (SSSR count). The van der Waals surface area contributed by atoms with E-state index in [1.54, 1.807) is 7.05 Å². The molecule has 0 bridgehead atoms. The van der Waals surface area contributed by atoms with Crippen molar-refractivity contribution in [2.75, 3.05) is 25.5 Å². The van der Waals surface area contributed by atoms with E-state index >= 15 is 0 Å². The van der Waals surface area contributed by atoms with Gasteiger partial charge in [-0.05, 0) is 30.7 Å². The highest BCUT2D eigenvalue weighted by Gasteiger charge is 2.14. The van der Waals surface area contributed by atoms with Crippen molar-refractivity contribution in [1.82, 2.24) is 4.90 Å². The van der Waals surface area contributed by atoms with Crippen LogP contribution in [0.1, 0.15) is 12.0 Å². The number of ether oxygens (including phenoxy) is 1. The fourth-order valence-corrected chi connectivity index (χ4v) is 3.03. The topological polar surface area (TPSA) is 58.6 Å². The van der Waals surface area contributed by atoms with Crippen molar-refractivity contribution in [2.45, 2.75) is 13.3 Å². The highest BCUT2D eigenvalue weighted by molar-refractivity contribution is 5.94. The molecule has 0 atom stereocenters. The van der Waals surface area contributed by atoms with Gasteiger partial charge in [-0.2, -0.15) is 0 Å². The lowest BCUT2D eigenvalue weighted by molar-refractivity contribution is -0.133. The molecule has 3 aromatic carbocycles. The Kier molecular flexibility index (Phi) is 7.22. The lowest BCUT2D eigenvalue weighted by Crippen LogP contribution is -2.35. The van der Waals surface area contributed by atoms with Gasteiger partial charge >= 0.3 is 0 Å². The zero-order chi connectivity index (χ0) is 21.3. The number of nitrogens with one attached hydrogen (secondary N) is 1. The summed E-state index contributed by atoms with van der Waals surface area (Å²) in [4.78, 5) is 26.0. The quantitative estimate of drug-likeness (QED) is 0.602. The first-order valence-corrected chi connectivity index (χ1v) is 9.90. The summed E-state index contributed by atoms with van der Waals surface area (Å²) in [6.07, 6.45) is 0.192. The van der Waals surface area contributed by atoms with Gasteiger partial charge in [0, 0.05) is 18.3 Å². The maximum Gasteiger partial charge on any atom is 0.243 e. The van der Waals surface area contributed by atoms with Gasteiger partial charge in [-0.3, -0.25) is 9.59 Å². The van der Waals surface area contributed by atoms with E-state index in [0.29, 0.717) is 5.69 Å². The number of amides is 2. The van der Waals surface area contributed by atoms with Crippen molar-refractivity contribution >= 4 is 17.5 Å². The van der Waals surface area contributed by atoms with Crippen LogP contribution in [0.3, 0.4) is 0 Å². The van der Waals surface area contributed by atoms with Crippen molar-refractivity contribution in [3.05, 3.63) is 84.4 Å². The van der Waals surface area contributed by atoms with Crippen LogP contribution in [0.25, 0.3) is 11.1 Å². The summed E-state index contributed by atoms with van der Waals surface area (Å²) in [7, 11) is 1.62. The van der Waals surface area contributed by atoms with Crippen molar-refractivity contribution in [1.29, 1.82) is 0 Å². The average molecular weight is 402 g/mol. The first-order chi connectivity index (χ1) is 14.5. The van der Waals surface area contributed by atoms with Crippen molar-refractivity contribution < 1.29 is 14.3 Å². The van der Waals surface area contributed by atoms with Crippen LogP contribution in [-0.4, -0.2) is 36.9 Å². The van der Waals surface area contributed by atoms with E-state index in [-0.39, 0.29) is 31.4 Å². The van der Waals surface area contributed by atoms with Crippen molar-refractivity contribution in [3.8, 4) is 16.9 Å². The van der Waals surface area contributed by atoms with Gasteiger partial charge in [0.2, 0.25) is 11.8 Å². The number of anilines is 1. The molecule has 5 nitrogen and oxygen atoms in total. The number of hydrogen-bond donors (Lipinski definition) is 1. The Bertz CT molecular complexity index is 985. The lowest BCUT2D eigenvalue weighted by atomic mass is 10.1. The molecule has 0 radical (unpaired) electrons. The number of rotatable bonds is 8. The third kappa shape index (κ3) is 5.95. The van der Waals surface area contributed by atoms with E-state index in [2.05, 4.69) is 5.32 Å². The minimum atomic E-state index is -0.231. The fraction of sp³-hybridized carbons (Fsp3) is 0.200. The number of nitrogens with zero attached hydrogens (tertiary/aromatic N) is 1. The van der Waals surface area contributed by atoms with Gasteiger partial charge in [0.1, 0.15) is 5.75 Å². The van der Waals surface area contributed by atoms with Crippen LogP contribution in [-0.2, 0) is 9.59 Å². The second-order valence-electron chi connectivity index (χ2n) is 7.12. The van der Waals surface area contributed by atoms with Crippen molar-refractivity contribution in [2.24, 2.45) is 0 Å². The van der Waals surface area contributed by atoms with Gasteiger partial charge in [-0.25, -0.2) is 0 Å². The van der Waals surface area contributed by atoms with Crippen LogP contribution >= 0.6 is 0 Å². The summed E-state index contributed by atoms with van der Waals surface area (Å²) < 4.78 is 5.88. The Morgan fingerprint density at radius 2 is 1.57 bits per heavy atom. The molecule has 5 heteroatoms. The fourth-order valence-electron chi connectivity index (χ4n) is 3.03. The average Bonchev–Trinajstić information content (AvgIpc) is 2.76. The van der Waals surface area contributed by atoms with Crippen LogP contribution in [0, 0.1) is 6.92 Å².